The smallest absolute Gasteiger partial charge is 0.307 e. The van der Waals surface area contributed by atoms with Gasteiger partial charge in [-0.25, -0.2) is 0 Å². The van der Waals surface area contributed by atoms with Crippen molar-refractivity contribution in [2.24, 2.45) is 0 Å². The molecule has 0 bridgehead atoms. The molecule has 68 valence electrons. The van der Waals surface area contributed by atoms with Crippen LogP contribution in [0, 0.1) is 11.8 Å². The predicted octanol–water partition coefficient (Wildman–Crippen LogP) is 0.552. The lowest BCUT2D eigenvalue weighted by molar-refractivity contribution is -0.142. The van der Waals surface area contributed by atoms with Gasteiger partial charge < -0.3 is 10.1 Å². The molecule has 3 nitrogen and oxygen atoms in total. The molecule has 12 heavy (non-hydrogen) atoms. The van der Waals surface area contributed by atoms with Crippen LogP contribution in [0.1, 0.15) is 20.3 Å². The van der Waals surface area contributed by atoms with E-state index in [-0.39, 0.29) is 5.97 Å². The first-order valence-electron chi connectivity index (χ1n) is 4.07. The zero-order valence-corrected chi connectivity index (χ0v) is 7.64. The van der Waals surface area contributed by atoms with E-state index in [1.807, 2.05) is 0 Å². The third-order valence-corrected chi connectivity index (χ3v) is 1.20. The number of ether oxygens (including phenoxy) is 1. The molecule has 0 aromatic rings. The van der Waals surface area contributed by atoms with Crippen molar-refractivity contribution in [3.63, 3.8) is 0 Å². The summed E-state index contributed by atoms with van der Waals surface area (Å²) in [4.78, 5) is 10.8. The lowest BCUT2D eigenvalue weighted by Crippen LogP contribution is -2.19. The lowest BCUT2D eigenvalue weighted by Gasteiger charge is -2.00. The van der Waals surface area contributed by atoms with E-state index in [4.69, 9.17) is 4.74 Å². The maximum absolute atomic E-state index is 10.8. The second-order valence-electron chi connectivity index (χ2n) is 2.16. The number of esters is 1. The Morgan fingerprint density at radius 2 is 2.33 bits per heavy atom. The summed E-state index contributed by atoms with van der Waals surface area (Å²) in [5.41, 5.74) is 0. The molecule has 3 heteroatoms. The Balaban J connectivity index is 3.17. The molecule has 0 atom stereocenters. The number of hydrogen-bond acceptors (Lipinski definition) is 3. The number of rotatable bonds is 5. The Kier molecular flexibility index (Phi) is 7.41. The summed E-state index contributed by atoms with van der Waals surface area (Å²) in [7, 11) is 0. The van der Waals surface area contributed by atoms with Gasteiger partial charge in [-0.1, -0.05) is 5.92 Å². The highest BCUT2D eigenvalue weighted by Crippen LogP contribution is 1.83. The van der Waals surface area contributed by atoms with E-state index in [9.17, 15) is 4.79 Å². The standard InChI is InChI=1S/C9H15NO2/c1-3-5-7-10-8-6-9(11)12-4-2/h10H,4,6-8H2,1-2H3. The van der Waals surface area contributed by atoms with Crippen LogP contribution in [0.4, 0.5) is 0 Å². The van der Waals surface area contributed by atoms with Crippen LogP contribution in [-0.4, -0.2) is 25.7 Å². The highest BCUT2D eigenvalue weighted by atomic mass is 16.5. The molecule has 0 saturated carbocycles. The van der Waals surface area contributed by atoms with Gasteiger partial charge in [0.2, 0.25) is 0 Å². The van der Waals surface area contributed by atoms with Crippen LogP contribution in [0.5, 0.6) is 0 Å². The fraction of sp³-hybridized carbons (Fsp3) is 0.667. The summed E-state index contributed by atoms with van der Waals surface area (Å²) < 4.78 is 4.73. The van der Waals surface area contributed by atoms with Crippen LogP contribution in [0.2, 0.25) is 0 Å². The zero-order valence-electron chi connectivity index (χ0n) is 7.64. The maximum Gasteiger partial charge on any atom is 0.307 e. The molecule has 0 aromatic heterocycles. The van der Waals surface area contributed by atoms with Gasteiger partial charge in [0.05, 0.1) is 19.6 Å². The van der Waals surface area contributed by atoms with Gasteiger partial charge in [0.1, 0.15) is 0 Å². The minimum Gasteiger partial charge on any atom is -0.466 e. The molecule has 0 aliphatic heterocycles. The van der Waals surface area contributed by atoms with Crippen molar-refractivity contribution in [2.45, 2.75) is 20.3 Å². The van der Waals surface area contributed by atoms with Gasteiger partial charge in [-0.2, -0.15) is 0 Å². The summed E-state index contributed by atoms with van der Waals surface area (Å²) in [5.74, 6) is 5.44. The first-order valence-corrected chi connectivity index (χ1v) is 4.07. The fourth-order valence-electron chi connectivity index (χ4n) is 0.663. The van der Waals surface area contributed by atoms with E-state index in [1.165, 1.54) is 0 Å². The molecule has 0 amide bonds. The van der Waals surface area contributed by atoms with Gasteiger partial charge in [0.25, 0.3) is 0 Å². The molecule has 0 aliphatic carbocycles. The minimum absolute atomic E-state index is 0.158. The first kappa shape index (κ1) is 11.0. The van der Waals surface area contributed by atoms with Crippen LogP contribution in [-0.2, 0) is 9.53 Å². The topological polar surface area (TPSA) is 38.3 Å². The fourth-order valence-corrected chi connectivity index (χ4v) is 0.663. The highest BCUT2D eigenvalue weighted by Gasteiger charge is 1.98. The Hall–Kier alpha value is -1.01. The number of nitrogens with one attached hydrogen (secondary N) is 1. The minimum atomic E-state index is -0.158. The molecule has 0 saturated heterocycles. The van der Waals surface area contributed by atoms with Gasteiger partial charge in [-0.05, 0) is 13.8 Å². The first-order chi connectivity index (χ1) is 5.81. The van der Waals surface area contributed by atoms with E-state index in [0.29, 0.717) is 26.1 Å². The van der Waals surface area contributed by atoms with Crippen molar-refractivity contribution in [3.8, 4) is 11.8 Å². The van der Waals surface area contributed by atoms with Crippen LogP contribution in [0.25, 0.3) is 0 Å². The molecule has 0 aliphatic rings. The van der Waals surface area contributed by atoms with Crippen LogP contribution >= 0.6 is 0 Å². The molecule has 0 spiro atoms. The summed E-state index contributed by atoms with van der Waals surface area (Å²) in [6.07, 6.45) is 0.416. The summed E-state index contributed by atoms with van der Waals surface area (Å²) in [6, 6.07) is 0. The van der Waals surface area contributed by atoms with Gasteiger partial charge >= 0.3 is 5.97 Å². The Morgan fingerprint density at radius 3 is 2.92 bits per heavy atom. The van der Waals surface area contributed by atoms with E-state index in [0.717, 1.165) is 0 Å². The summed E-state index contributed by atoms with van der Waals surface area (Å²) >= 11 is 0. The highest BCUT2D eigenvalue weighted by molar-refractivity contribution is 5.69. The SMILES string of the molecule is CC#CCNCCC(=O)OCC. The second-order valence-corrected chi connectivity index (χ2v) is 2.16. The second kappa shape index (κ2) is 8.09. The Morgan fingerprint density at radius 1 is 1.58 bits per heavy atom. The number of carbonyl (C=O) groups is 1. The molecule has 0 heterocycles. The van der Waals surface area contributed by atoms with Gasteiger partial charge in [0, 0.05) is 6.54 Å². The Bertz CT molecular complexity index is 179. The maximum atomic E-state index is 10.8. The van der Waals surface area contributed by atoms with Gasteiger partial charge in [0.15, 0.2) is 0 Å². The van der Waals surface area contributed by atoms with Crippen molar-refractivity contribution in [3.05, 3.63) is 0 Å². The zero-order chi connectivity index (χ0) is 9.23. The number of hydrogen-bond donors (Lipinski definition) is 1. The lowest BCUT2D eigenvalue weighted by atomic mass is 10.4. The van der Waals surface area contributed by atoms with E-state index < -0.39 is 0 Å². The molecule has 1 N–H and O–H groups in total. The van der Waals surface area contributed by atoms with E-state index >= 15 is 0 Å². The van der Waals surface area contributed by atoms with Crippen LogP contribution in [0.3, 0.4) is 0 Å². The van der Waals surface area contributed by atoms with Gasteiger partial charge in [-0.3, -0.25) is 4.79 Å². The average molecular weight is 169 g/mol. The molecule has 0 rings (SSSR count). The molecular formula is C9H15NO2. The van der Waals surface area contributed by atoms with E-state index in [2.05, 4.69) is 17.2 Å². The molecular weight excluding hydrogens is 154 g/mol. The Labute approximate surface area is 73.5 Å². The van der Waals surface area contributed by atoms with Crippen LogP contribution < -0.4 is 5.32 Å². The third-order valence-electron chi connectivity index (χ3n) is 1.20. The quantitative estimate of drug-likeness (QED) is 0.371. The largest absolute Gasteiger partial charge is 0.466 e. The molecule has 0 fully saturated rings. The van der Waals surface area contributed by atoms with Gasteiger partial charge in [-0.15, -0.1) is 5.92 Å². The van der Waals surface area contributed by atoms with Crippen molar-refractivity contribution in [1.82, 2.24) is 5.32 Å². The average Bonchev–Trinajstić information content (AvgIpc) is 2.05. The molecule has 0 aromatic carbocycles. The van der Waals surface area contributed by atoms with Crippen molar-refractivity contribution >= 4 is 5.97 Å². The van der Waals surface area contributed by atoms with Crippen LogP contribution in [0.15, 0.2) is 0 Å². The molecule has 0 radical (unpaired) electrons. The summed E-state index contributed by atoms with van der Waals surface area (Å²) in [6.45, 7) is 5.30. The predicted molar refractivity (Wildman–Crippen MR) is 47.6 cm³/mol. The number of carbonyl (C=O) groups excluding carboxylic acids is 1. The molecule has 0 unspecified atom stereocenters. The van der Waals surface area contributed by atoms with Crippen molar-refractivity contribution < 1.29 is 9.53 Å². The van der Waals surface area contributed by atoms with Crippen molar-refractivity contribution in [2.75, 3.05) is 19.7 Å². The monoisotopic (exact) mass is 169 g/mol. The van der Waals surface area contributed by atoms with E-state index in [1.54, 1.807) is 13.8 Å². The summed E-state index contributed by atoms with van der Waals surface area (Å²) in [5, 5.41) is 3.00. The van der Waals surface area contributed by atoms with Crippen molar-refractivity contribution in [1.29, 1.82) is 0 Å². The normalized spacial score (nSPS) is 8.50. The third kappa shape index (κ3) is 7.10.